The van der Waals surface area contributed by atoms with Gasteiger partial charge in [0.15, 0.2) is 0 Å². The van der Waals surface area contributed by atoms with Gasteiger partial charge in [-0.3, -0.25) is 4.79 Å². The van der Waals surface area contributed by atoms with E-state index in [-0.39, 0.29) is 6.42 Å². The summed E-state index contributed by atoms with van der Waals surface area (Å²) in [7, 11) is 0. The number of aromatic nitrogens is 1. The number of hydrogen-bond donors (Lipinski definition) is 0. The molecular formula is C25H19NO3. The van der Waals surface area contributed by atoms with Gasteiger partial charge in [0.1, 0.15) is 0 Å². The van der Waals surface area contributed by atoms with Gasteiger partial charge in [0.25, 0.3) is 0 Å². The van der Waals surface area contributed by atoms with Crippen LogP contribution in [0.3, 0.4) is 0 Å². The van der Waals surface area contributed by atoms with Crippen molar-refractivity contribution in [3.8, 4) is 11.3 Å². The number of rotatable bonds is 4. The minimum Gasteiger partial charge on any atom is -0.389 e. The molecule has 142 valence electrons. The van der Waals surface area contributed by atoms with Crippen LogP contribution in [-0.4, -0.2) is 16.9 Å². The second-order valence-electron chi connectivity index (χ2n) is 6.87. The van der Waals surface area contributed by atoms with Gasteiger partial charge in [-0.05, 0) is 30.7 Å². The molecule has 0 unspecified atom stereocenters. The van der Waals surface area contributed by atoms with Crippen LogP contribution in [0.1, 0.15) is 21.5 Å². The number of fused-ring (bicyclic) bond motifs is 1. The number of benzene rings is 3. The maximum Gasteiger partial charge on any atom is 0.346 e. The van der Waals surface area contributed by atoms with Crippen molar-refractivity contribution in [2.75, 3.05) is 0 Å². The predicted octanol–water partition coefficient (Wildman–Crippen LogP) is 5.14. The third-order valence-electron chi connectivity index (χ3n) is 4.65. The number of pyridine rings is 1. The Labute approximate surface area is 168 Å². The molecule has 29 heavy (non-hydrogen) atoms. The Hall–Kier alpha value is -3.79. The van der Waals surface area contributed by atoms with Crippen molar-refractivity contribution in [3.63, 3.8) is 0 Å². The Morgan fingerprint density at radius 3 is 2.28 bits per heavy atom. The van der Waals surface area contributed by atoms with E-state index in [9.17, 15) is 9.59 Å². The lowest BCUT2D eigenvalue weighted by molar-refractivity contribution is -0.137. The zero-order valence-electron chi connectivity index (χ0n) is 16.0. The van der Waals surface area contributed by atoms with Gasteiger partial charge < -0.3 is 4.74 Å². The number of nitrogens with zero attached hydrogens (tertiary/aromatic N) is 1. The molecule has 0 saturated heterocycles. The standard InChI is InChI=1S/C25H19NO3/c1-17-12-13-22-20(14-17)21(16-23(26-22)19-10-6-3-7-11-19)25(28)29-24(27)15-18-8-4-2-5-9-18/h2-14,16H,15H2,1H3. The molecule has 4 aromatic rings. The van der Waals surface area contributed by atoms with E-state index in [1.807, 2.05) is 85.8 Å². The number of ether oxygens (including phenoxy) is 1. The second-order valence-corrected chi connectivity index (χ2v) is 6.87. The molecule has 0 spiro atoms. The van der Waals surface area contributed by atoms with Crippen LogP contribution in [0.4, 0.5) is 0 Å². The molecule has 1 aromatic heterocycles. The van der Waals surface area contributed by atoms with Crippen molar-refractivity contribution in [3.05, 3.63) is 102 Å². The fraction of sp³-hybridized carbons (Fsp3) is 0.0800. The van der Waals surface area contributed by atoms with E-state index in [2.05, 4.69) is 4.98 Å². The fourth-order valence-corrected chi connectivity index (χ4v) is 3.22. The van der Waals surface area contributed by atoms with E-state index in [0.717, 1.165) is 16.7 Å². The van der Waals surface area contributed by atoms with Gasteiger partial charge in [-0.15, -0.1) is 0 Å². The predicted molar refractivity (Wildman–Crippen MR) is 112 cm³/mol. The molecule has 3 aromatic carbocycles. The molecule has 4 nitrogen and oxygen atoms in total. The quantitative estimate of drug-likeness (QED) is 0.363. The zero-order chi connectivity index (χ0) is 20.2. The molecule has 0 amide bonds. The van der Waals surface area contributed by atoms with E-state index in [0.29, 0.717) is 22.2 Å². The molecular weight excluding hydrogens is 362 g/mol. The van der Waals surface area contributed by atoms with Crippen molar-refractivity contribution in [1.29, 1.82) is 0 Å². The van der Waals surface area contributed by atoms with E-state index >= 15 is 0 Å². The van der Waals surface area contributed by atoms with Crippen molar-refractivity contribution >= 4 is 22.8 Å². The fourth-order valence-electron chi connectivity index (χ4n) is 3.22. The number of esters is 2. The first-order chi connectivity index (χ1) is 14.1. The van der Waals surface area contributed by atoms with E-state index in [1.54, 1.807) is 6.07 Å². The summed E-state index contributed by atoms with van der Waals surface area (Å²) < 4.78 is 5.17. The highest BCUT2D eigenvalue weighted by molar-refractivity contribution is 6.07. The summed E-state index contributed by atoms with van der Waals surface area (Å²) >= 11 is 0. The highest BCUT2D eigenvalue weighted by atomic mass is 16.6. The number of carbonyl (C=O) groups is 2. The van der Waals surface area contributed by atoms with Crippen LogP contribution >= 0.6 is 0 Å². The maximum absolute atomic E-state index is 12.9. The van der Waals surface area contributed by atoms with Crippen molar-refractivity contribution in [2.45, 2.75) is 13.3 Å². The van der Waals surface area contributed by atoms with Crippen molar-refractivity contribution < 1.29 is 14.3 Å². The molecule has 0 atom stereocenters. The highest BCUT2D eigenvalue weighted by Gasteiger charge is 2.19. The molecule has 0 aliphatic carbocycles. The highest BCUT2D eigenvalue weighted by Crippen LogP contribution is 2.26. The topological polar surface area (TPSA) is 56.3 Å². The minimum atomic E-state index is -0.666. The van der Waals surface area contributed by atoms with E-state index < -0.39 is 11.9 Å². The third kappa shape index (κ3) is 4.22. The number of carbonyl (C=O) groups excluding carboxylic acids is 2. The summed E-state index contributed by atoms with van der Waals surface area (Å²) in [5.74, 6) is -1.25. The Kier molecular flexibility index (Phi) is 5.16. The first kappa shape index (κ1) is 18.6. The van der Waals surface area contributed by atoms with Crippen LogP contribution in [0.15, 0.2) is 84.9 Å². The Morgan fingerprint density at radius 1 is 0.862 bits per heavy atom. The molecule has 4 heteroatoms. The molecule has 4 rings (SSSR count). The SMILES string of the molecule is Cc1ccc2nc(-c3ccccc3)cc(C(=O)OC(=O)Cc3ccccc3)c2c1. The summed E-state index contributed by atoms with van der Waals surface area (Å²) in [6.07, 6.45) is 0.0418. The molecule has 0 aliphatic heterocycles. The first-order valence-corrected chi connectivity index (χ1v) is 9.36. The van der Waals surface area contributed by atoms with E-state index in [1.165, 1.54) is 0 Å². The van der Waals surface area contributed by atoms with Gasteiger partial charge in [0.05, 0.1) is 23.2 Å². The van der Waals surface area contributed by atoms with Crippen LogP contribution in [-0.2, 0) is 16.0 Å². The lowest BCUT2D eigenvalue weighted by Gasteiger charge is -2.10. The summed E-state index contributed by atoms with van der Waals surface area (Å²) in [6, 6.07) is 26.2. The molecule has 0 N–H and O–H groups in total. The first-order valence-electron chi connectivity index (χ1n) is 9.36. The van der Waals surface area contributed by atoms with E-state index in [4.69, 9.17) is 4.74 Å². The summed E-state index contributed by atoms with van der Waals surface area (Å²) in [5, 5.41) is 0.669. The summed E-state index contributed by atoms with van der Waals surface area (Å²) in [4.78, 5) is 29.9. The molecule has 0 aliphatic rings. The lowest BCUT2D eigenvalue weighted by atomic mass is 10.0. The van der Waals surface area contributed by atoms with Gasteiger partial charge in [0.2, 0.25) is 0 Å². The van der Waals surface area contributed by atoms with Crippen molar-refractivity contribution in [1.82, 2.24) is 4.98 Å². The largest absolute Gasteiger partial charge is 0.389 e. The Bertz CT molecular complexity index is 1180. The maximum atomic E-state index is 12.9. The molecule has 0 fully saturated rings. The summed E-state index contributed by atoms with van der Waals surface area (Å²) in [6.45, 7) is 1.94. The van der Waals surface area contributed by atoms with Crippen LogP contribution in [0.25, 0.3) is 22.2 Å². The minimum absolute atomic E-state index is 0.0418. The van der Waals surface area contributed by atoms with Gasteiger partial charge in [-0.1, -0.05) is 72.3 Å². The smallest absolute Gasteiger partial charge is 0.346 e. The van der Waals surface area contributed by atoms with Crippen molar-refractivity contribution in [2.24, 2.45) is 0 Å². The van der Waals surface area contributed by atoms with Gasteiger partial charge in [-0.25, -0.2) is 9.78 Å². The third-order valence-corrected chi connectivity index (χ3v) is 4.65. The molecule has 0 saturated carbocycles. The Balaban J connectivity index is 1.70. The molecule has 0 radical (unpaired) electrons. The van der Waals surface area contributed by atoms with Crippen LogP contribution in [0.5, 0.6) is 0 Å². The van der Waals surface area contributed by atoms with Gasteiger partial charge in [0, 0.05) is 10.9 Å². The molecule has 1 heterocycles. The van der Waals surface area contributed by atoms with Crippen LogP contribution in [0, 0.1) is 6.92 Å². The van der Waals surface area contributed by atoms with Gasteiger partial charge in [-0.2, -0.15) is 0 Å². The average Bonchev–Trinajstić information content (AvgIpc) is 2.74. The van der Waals surface area contributed by atoms with Crippen LogP contribution < -0.4 is 0 Å². The molecule has 0 bridgehead atoms. The normalized spacial score (nSPS) is 10.7. The second kappa shape index (κ2) is 8.07. The zero-order valence-corrected chi connectivity index (χ0v) is 16.0. The van der Waals surface area contributed by atoms with Gasteiger partial charge >= 0.3 is 11.9 Å². The average molecular weight is 381 g/mol. The number of hydrogen-bond acceptors (Lipinski definition) is 4. The number of aryl methyl sites for hydroxylation is 1. The Morgan fingerprint density at radius 2 is 1.55 bits per heavy atom. The monoisotopic (exact) mass is 381 g/mol. The lowest BCUT2D eigenvalue weighted by Crippen LogP contribution is -2.15. The summed E-state index contributed by atoms with van der Waals surface area (Å²) in [5.41, 5.74) is 4.35. The van der Waals surface area contributed by atoms with Crippen LogP contribution in [0.2, 0.25) is 0 Å².